The van der Waals surface area contributed by atoms with E-state index in [0.29, 0.717) is 0 Å². The number of piperazine rings is 1. The van der Waals surface area contributed by atoms with E-state index in [9.17, 15) is 14.0 Å². The topological polar surface area (TPSA) is 73.9 Å². The number of alkyl carbamates (subject to hydrolysis) is 1. The summed E-state index contributed by atoms with van der Waals surface area (Å²) in [6.07, 6.45) is -0.412. The third-order valence-corrected chi connectivity index (χ3v) is 4.89. The fourth-order valence-corrected chi connectivity index (χ4v) is 3.32. The monoisotopic (exact) mass is 394 g/mol. The van der Waals surface area contributed by atoms with Crippen molar-refractivity contribution in [3.8, 4) is 0 Å². The molecule has 0 aromatic heterocycles. The Morgan fingerprint density at radius 3 is 2.57 bits per heavy atom. The quantitative estimate of drug-likeness (QED) is 0.708. The molecule has 7 nitrogen and oxygen atoms in total. The maximum atomic E-state index is 13.9. The highest BCUT2D eigenvalue weighted by Crippen LogP contribution is 2.28. The van der Waals surface area contributed by atoms with Crippen molar-refractivity contribution >= 4 is 17.7 Å². The van der Waals surface area contributed by atoms with Gasteiger partial charge in [0.25, 0.3) is 0 Å². The maximum absolute atomic E-state index is 13.9. The van der Waals surface area contributed by atoms with Gasteiger partial charge in [0.05, 0.1) is 12.6 Å². The summed E-state index contributed by atoms with van der Waals surface area (Å²) in [5.74, 6) is -0.536. The number of nitrogens with one attached hydrogen (secondary N) is 2. The summed E-state index contributed by atoms with van der Waals surface area (Å²) < 4.78 is 18.6. The van der Waals surface area contributed by atoms with Gasteiger partial charge < -0.3 is 25.2 Å². The van der Waals surface area contributed by atoms with Crippen molar-refractivity contribution in [1.82, 2.24) is 15.5 Å². The highest BCUT2D eigenvalue weighted by Gasteiger charge is 2.21. The molecule has 2 N–H and O–H groups in total. The standard InChI is InChI=1S/C20H31FN4O3/c1-4-24-10-12-25(13-11-24)18-7-6-16(21)14-17(18)15(3)23-19(26)8-9-22-20(27)28-5-2/h6-7,14-15H,4-5,8-13H2,1-3H3,(H,22,27)(H,23,26). The van der Waals surface area contributed by atoms with Gasteiger partial charge in [-0.2, -0.15) is 0 Å². The van der Waals surface area contributed by atoms with Crippen molar-refractivity contribution in [2.24, 2.45) is 0 Å². The molecule has 2 rings (SSSR count). The van der Waals surface area contributed by atoms with Crippen LogP contribution >= 0.6 is 0 Å². The molecule has 0 saturated carbocycles. The second-order valence-electron chi connectivity index (χ2n) is 6.81. The van der Waals surface area contributed by atoms with Gasteiger partial charge in [0.15, 0.2) is 0 Å². The first-order valence-corrected chi connectivity index (χ1v) is 9.91. The van der Waals surface area contributed by atoms with Gasteiger partial charge in [-0.1, -0.05) is 6.92 Å². The van der Waals surface area contributed by atoms with Crippen LogP contribution in [0.2, 0.25) is 0 Å². The highest BCUT2D eigenvalue weighted by atomic mass is 19.1. The molecule has 8 heteroatoms. The van der Waals surface area contributed by atoms with Gasteiger partial charge in [0.2, 0.25) is 5.91 Å². The number of amides is 2. The fraction of sp³-hybridized carbons (Fsp3) is 0.600. The van der Waals surface area contributed by atoms with E-state index in [1.165, 1.54) is 12.1 Å². The number of benzene rings is 1. The number of nitrogens with zero attached hydrogens (tertiary/aromatic N) is 2. The summed E-state index contributed by atoms with van der Waals surface area (Å²) in [4.78, 5) is 28.1. The number of carbonyl (C=O) groups is 2. The summed E-state index contributed by atoms with van der Waals surface area (Å²) in [5.41, 5.74) is 1.71. The number of hydrogen-bond donors (Lipinski definition) is 2. The van der Waals surface area contributed by atoms with E-state index in [2.05, 4.69) is 27.4 Å². The molecule has 0 spiro atoms. The lowest BCUT2D eigenvalue weighted by Crippen LogP contribution is -2.46. The first-order chi connectivity index (χ1) is 13.4. The van der Waals surface area contributed by atoms with Crippen LogP contribution < -0.4 is 15.5 Å². The first kappa shape index (κ1) is 21.9. The molecule has 0 radical (unpaired) electrons. The van der Waals surface area contributed by atoms with Gasteiger partial charge >= 0.3 is 6.09 Å². The van der Waals surface area contributed by atoms with Gasteiger partial charge in [-0.25, -0.2) is 9.18 Å². The Bertz CT molecular complexity index is 663. The van der Waals surface area contributed by atoms with E-state index < -0.39 is 6.09 Å². The molecule has 1 aromatic rings. The zero-order chi connectivity index (χ0) is 20.5. The van der Waals surface area contributed by atoms with Gasteiger partial charge in [-0.15, -0.1) is 0 Å². The minimum Gasteiger partial charge on any atom is -0.450 e. The van der Waals surface area contributed by atoms with Crippen LogP contribution in [0.1, 0.15) is 38.8 Å². The fourth-order valence-electron chi connectivity index (χ4n) is 3.32. The average molecular weight is 394 g/mol. The number of rotatable bonds is 8. The van der Waals surface area contributed by atoms with Crippen LogP contribution in [0.5, 0.6) is 0 Å². The number of ether oxygens (including phenoxy) is 1. The van der Waals surface area contributed by atoms with E-state index in [0.717, 1.165) is 44.0 Å². The number of anilines is 1. The lowest BCUT2D eigenvalue weighted by Gasteiger charge is -2.37. The van der Waals surface area contributed by atoms with Crippen molar-refractivity contribution in [2.45, 2.75) is 33.2 Å². The van der Waals surface area contributed by atoms with Crippen LogP contribution in [0.4, 0.5) is 14.9 Å². The second-order valence-corrected chi connectivity index (χ2v) is 6.81. The predicted octanol–water partition coefficient (Wildman–Crippen LogP) is 2.28. The molecule has 1 fully saturated rings. The first-order valence-electron chi connectivity index (χ1n) is 9.91. The lowest BCUT2D eigenvalue weighted by atomic mass is 10.0. The SMILES string of the molecule is CCOC(=O)NCCC(=O)NC(C)c1cc(F)ccc1N1CCN(CC)CC1. The van der Waals surface area contributed by atoms with Crippen LogP contribution in [0.25, 0.3) is 0 Å². The summed E-state index contributed by atoms with van der Waals surface area (Å²) in [6, 6.07) is 4.40. The van der Waals surface area contributed by atoms with Crippen LogP contribution in [-0.2, 0) is 9.53 Å². The highest BCUT2D eigenvalue weighted by molar-refractivity contribution is 5.77. The molecule has 1 atom stereocenters. The summed E-state index contributed by atoms with van der Waals surface area (Å²) in [6.45, 7) is 10.9. The molecule has 156 valence electrons. The third-order valence-electron chi connectivity index (χ3n) is 4.89. The molecule has 28 heavy (non-hydrogen) atoms. The summed E-state index contributed by atoms with van der Waals surface area (Å²) in [7, 11) is 0. The zero-order valence-corrected chi connectivity index (χ0v) is 17.0. The van der Waals surface area contributed by atoms with Gasteiger partial charge in [-0.05, 0) is 38.6 Å². The molecule has 1 unspecified atom stereocenters. The van der Waals surface area contributed by atoms with Crippen LogP contribution in [-0.4, -0.2) is 62.8 Å². The van der Waals surface area contributed by atoms with Crippen LogP contribution in [0.3, 0.4) is 0 Å². The van der Waals surface area contributed by atoms with E-state index in [1.54, 1.807) is 13.0 Å². The molecular formula is C20H31FN4O3. The maximum Gasteiger partial charge on any atom is 0.407 e. The molecule has 1 aromatic carbocycles. The number of carbonyl (C=O) groups excluding carboxylic acids is 2. The minimum absolute atomic E-state index is 0.128. The van der Waals surface area contributed by atoms with Crippen molar-refractivity contribution in [3.63, 3.8) is 0 Å². The van der Waals surface area contributed by atoms with Crippen molar-refractivity contribution in [3.05, 3.63) is 29.6 Å². The number of hydrogen-bond acceptors (Lipinski definition) is 5. The van der Waals surface area contributed by atoms with Crippen molar-refractivity contribution in [2.75, 3.05) is 50.8 Å². The summed E-state index contributed by atoms with van der Waals surface area (Å²) in [5, 5.41) is 5.41. The third kappa shape index (κ3) is 6.37. The Hall–Kier alpha value is -2.35. The molecule has 0 aliphatic carbocycles. The molecule has 1 aliphatic rings. The number of halogens is 1. The Kier molecular flexibility index (Phi) is 8.50. The Morgan fingerprint density at radius 1 is 1.21 bits per heavy atom. The molecule has 1 saturated heterocycles. The average Bonchev–Trinajstić information content (AvgIpc) is 2.68. The molecule has 2 amide bonds. The van der Waals surface area contributed by atoms with Gasteiger partial charge in [0.1, 0.15) is 5.82 Å². The van der Waals surface area contributed by atoms with Crippen LogP contribution in [0.15, 0.2) is 18.2 Å². The largest absolute Gasteiger partial charge is 0.450 e. The molecule has 0 bridgehead atoms. The van der Waals surface area contributed by atoms with Crippen molar-refractivity contribution in [1.29, 1.82) is 0 Å². The normalized spacial score (nSPS) is 15.8. The second kappa shape index (κ2) is 10.8. The molecular weight excluding hydrogens is 363 g/mol. The summed E-state index contributed by atoms with van der Waals surface area (Å²) >= 11 is 0. The van der Waals surface area contributed by atoms with E-state index >= 15 is 0 Å². The molecule has 1 aliphatic heterocycles. The van der Waals surface area contributed by atoms with Crippen molar-refractivity contribution < 1.29 is 18.7 Å². The number of likely N-dealkylation sites (N-methyl/N-ethyl adjacent to an activating group) is 1. The lowest BCUT2D eigenvalue weighted by molar-refractivity contribution is -0.121. The zero-order valence-electron chi connectivity index (χ0n) is 17.0. The van der Waals surface area contributed by atoms with Gasteiger partial charge in [-0.3, -0.25) is 4.79 Å². The van der Waals surface area contributed by atoms with E-state index in [-0.39, 0.29) is 37.3 Å². The molecule has 1 heterocycles. The Morgan fingerprint density at radius 2 is 1.93 bits per heavy atom. The van der Waals surface area contributed by atoms with Crippen LogP contribution in [0, 0.1) is 5.82 Å². The Balaban J connectivity index is 1.96. The van der Waals surface area contributed by atoms with Gasteiger partial charge in [0, 0.05) is 50.4 Å². The van der Waals surface area contributed by atoms with E-state index in [1.807, 2.05) is 6.92 Å². The Labute approximate surface area is 166 Å². The van der Waals surface area contributed by atoms with E-state index in [4.69, 9.17) is 4.74 Å². The smallest absolute Gasteiger partial charge is 0.407 e. The minimum atomic E-state index is -0.540. The predicted molar refractivity (Wildman–Crippen MR) is 107 cm³/mol.